The molecule has 1 saturated heterocycles. The van der Waals surface area contributed by atoms with Gasteiger partial charge in [-0.1, -0.05) is 12.1 Å². The van der Waals surface area contributed by atoms with Crippen molar-refractivity contribution < 1.29 is 4.79 Å². The Hall–Kier alpha value is -3.16. The van der Waals surface area contributed by atoms with Gasteiger partial charge in [0.1, 0.15) is 5.82 Å². The quantitative estimate of drug-likeness (QED) is 0.483. The summed E-state index contributed by atoms with van der Waals surface area (Å²) in [6.45, 7) is 5.48. The van der Waals surface area contributed by atoms with Crippen molar-refractivity contribution in [2.24, 2.45) is 16.6 Å². The summed E-state index contributed by atoms with van der Waals surface area (Å²) in [6, 6.07) is 9.83. The lowest BCUT2D eigenvalue weighted by atomic mass is 9.96. The van der Waals surface area contributed by atoms with Crippen LogP contribution in [-0.2, 0) is 17.9 Å². The van der Waals surface area contributed by atoms with E-state index < -0.39 is 0 Å². The van der Waals surface area contributed by atoms with Crippen molar-refractivity contribution in [3.63, 3.8) is 0 Å². The Morgan fingerprint density at radius 2 is 1.97 bits per heavy atom. The molecule has 154 valence electrons. The highest BCUT2D eigenvalue weighted by Crippen LogP contribution is 2.24. The molecule has 4 N–H and O–H groups in total. The van der Waals surface area contributed by atoms with Crippen molar-refractivity contribution >= 4 is 17.7 Å². The Bertz CT molecular complexity index is 817. The zero-order chi connectivity index (χ0) is 20.5. The summed E-state index contributed by atoms with van der Waals surface area (Å²) in [5, 5.41) is 6.58. The van der Waals surface area contributed by atoms with Crippen LogP contribution in [0.25, 0.3) is 0 Å². The minimum atomic E-state index is -0.204. The van der Waals surface area contributed by atoms with Crippen molar-refractivity contribution in [2.45, 2.75) is 32.9 Å². The maximum atomic E-state index is 11.4. The number of carbonyl (C=O) groups is 1. The lowest BCUT2D eigenvalue weighted by molar-refractivity contribution is -0.122. The molecule has 2 aromatic rings. The number of pyridine rings is 2. The molecule has 0 atom stereocenters. The average molecular weight is 396 g/mol. The van der Waals surface area contributed by atoms with Gasteiger partial charge in [-0.25, -0.2) is 9.98 Å². The number of aromatic nitrogens is 2. The van der Waals surface area contributed by atoms with Crippen LogP contribution in [0, 0.1) is 5.92 Å². The predicted octanol–water partition coefficient (Wildman–Crippen LogP) is 1.43. The van der Waals surface area contributed by atoms with Gasteiger partial charge in [0, 0.05) is 43.5 Å². The van der Waals surface area contributed by atoms with Crippen LogP contribution in [0.1, 0.15) is 31.0 Å². The van der Waals surface area contributed by atoms with Crippen LogP contribution in [0.15, 0.2) is 47.7 Å². The highest BCUT2D eigenvalue weighted by atomic mass is 16.1. The maximum Gasteiger partial charge on any atom is 0.220 e. The number of amides is 1. The molecule has 0 bridgehead atoms. The first-order valence-corrected chi connectivity index (χ1v) is 10.1. The average Bonchev–Trinajstić information content (AvgIpc) is 2.76. The number of hydrogen-bond donors (Lipinski definition) is 3. The molecule has 8 nitrogen and oxygen atoms in total. The van der Waals surface area contributed by atoms with E-state index in [4.69, 9.17) is 10.7 Å². The summed E-state index contributed by atoms with van der Waals surface area (Å²) in [5.74, 6) is 1.43. The van der Waals surface area contributed by atoms with Crippen LogP contribution in [0.3, 0.4) is 0 Å². The highest BCUT2D eigenvalue weighted by molar-refractivity contribution is 5.79. The zero-order valence-corrected chi connectivity index (χ0v) is 16.8. The predicted molar refractivity (Wildman–Crippen MR) is 114 cm³/mol. The van der Waals surface area contributed by atoms with Gasteiger partial charge < -0.3 is 21.3 Å². The van der Waals surface area contributed by atoms with Crippen LogP contribution >= 0.6 is 0 Å². The summed E-state index contributed by atoms with van der Waals surface area (Å²) in [5.41, 5.74) is 7.46. The molecule has 0 radical (unpaired) electrons. The summed E-state index contributed by atoms with van der Waals surface area (Å²) in [4.78, 5) is 27.3. The van der Waals surface area contributed by atoms with Crippen LogP contribution < -0.4 is 21.3 Å². The molecule has 1 aliphatic heterocycles. The van der Waals surface area contributed by atoms with Crippen LogP contribution in [0.2, 0.25) is 0 Å². The van der Waals surface area contributed by atoms with Crippen molar-refractivity contribution in [1.29, 1.82) is 0 Å². The third-order valence-electron chi connectivity index (χ3n) is 4.98. The van der Waals surface area contributed by atoms with Crippen LogP contribution in [-0.4, -0.2) is 41.5 Å². The molecule has 0 spiro atoms. The van der Waals surface area contributed by atoms with Gasteiger partial charge in [0.25, 0.3) is 0 Å². The number of anilines is 1. The molecule has 29 heavy (non-hydrogen) atoms. The molecule has 1 aliphatic rings. The Morgan fingerprint density at radius 3 is 2.66 bits per heavy atom. The number of rotatable bonds is 7. The number of primary amides is 1. The number of nitrogens with two attached hydrogens (primary N) is 1. The summed E-state index contributed by atoms with van der Waals surface area (Å²) < 4.78 is 0. The van der Waals surface area contributed by atoms with Gasteiger partial charge in [0.05, 0.1) is 18.8 Å². The smallest absolute Gasteiger partial charge is 0.220 e. The fraction of sp³-hybridized carbons (Fsp3) is 0.429. The van der Waals surface area contributed by atoms with E-state index in [-0.39, 0.29) is 11.8 Å². The van der Waals surface area contributed by atoms with Crippen LogP contribution in [0.5, 0.6) is 0 Å². The molecular weight excluding hydrogens is 366 g/mol. The van der Waals surface area contributed by atoms with Crippen molar-refractivity contribution in [1.82, 2.24) is 20.6 Å². The number of hydrogen-bond acceptors (Lipinski definition) is 5. The second-order valence-corrected chi connectivity index (χ2v) is 7.02. The van der Waals surface area contributed by atoms with E-state index in [2.05, 4.69) is 25.5 Å². The molecule has 0 unspecified atom stereocenters. The van der Waals surface area contributed by atoms with E-state index >= 15 is 0 Å². The molecule has 1 amide bonds. The standard InChI is InChI=1S/C21H29N7O/c1-2-23-21(27-15-18-7-3-4-10-24-18)26-14-17-6-5-11-25-20(17)28-12-8-16(9-13-28)19(22)29/h3-7,10-11,16H,2,8-9,12-15H2,1H3,(H2,22,29)(H2,23,26,27). The molecule has 1 fully saturated rings. The maximum absolute atomic E-state index is 11.4. The Kier molecular flexibility index (Phi) is 7.38. The first-order valence-electron chi connectivity index (χ1n) is 10.1. The topological polar surface area (TPSA) is 109 Å². The van der Waals surface area contributed by atoms with Crippen molar-refractivity contribution in [3.05, 3.63) is 54.0 Å². The minimum Gasteiger partial charge on any atom is -0.369 e. The van der Waals surface area contributed by atoms with Crippen molar-refractivity contribution in [3.8, 4) is 0 Å². The second-order valence-electron chi connectivity index (χ2n) is 7.02. The van der Waals surface area contributed by atoms with Gasteiger partial charge in [-0.05, 0) is 38.0 Å². The Labute approximate surface area is 171 Å². The molecular formula is C21H29N7O. The molecule has 8 heteroatoms. The number of piperidine rings is 1. The molecule has 2 aromatic heterocycles. The largest absolute Gasteiger partial charge is 0.369 e. The Morgan fingerprint density at radius 1 is 1.17 bits per heavy atom. The van der Waals surface area contributed by atoms with Gasteiger partial charge in [-0.3, -0.25) is 9.78 Å². The second kappa shape index (κ2) is 10.4. The minimum absolute atomic E-state index is 0.0346. The third kappa shape index (κ3) is 5.91. The summed E-state index contributed by atoms with van der Waals surface area (Å²) >= 11 is 0. The van der Waals surface area contributed by atoms with Gasteiger partial charge >= 0.3 is 0 Å². The lowest BCUT2D eigenvalue weighted by Crippen LogP contribution is -2.39. The highest BCUT2D eigenvalue weighted by Gasteiger charge is 2.24. The molecule has 3 heterocycles. The van der Waals surface area contributed by atoms with E-state index in [9.17, 15) is 4.79 Å². The molecule has 0 saturated carbocycles. The zero-order valence-electron chi connectivity index (χ0n) is 16.8. The first-order chi connectivity index (χ1) is 14.2. The molecule has 0 aliphatic carbocycles. The van der Waals surface area contributed by atoms with E-state index in [1.54, 1.807) is 12.4 Å². The van der Waals surface area contributed by atoms with E-state index in [0.717, 1.165) is 55.5 Å². The molecule has 0 aromatic carbocycles. The summed E-state index contributed by atoms with van der Waals surface area (Å²) in [7, 11) is 0. The van der Waals surface area contributed by atoms with Gasteiger partial charge in [0.15, 0.2) is 5.96 Å². The third-order valence-corrected chi connectivity index (χ3v) is 4.98. The first kappa shape index (κ1) is 20.6. The van der Waals surface area contributed by atoms with Gasteiger partial charge in [-0.2, -0.15) is 0 Å². The number of nitrogens with zero attached hydrogens (tertiary/aromatic N) is 4. The number of nitrogens with one attached hydrogen (secondary N) is 2. The SMILES string of the molecule is CCNC(=NCc1cccnc1N1CCC(C(N)=O)CC1)NCc1ccccn1. The van der Waals surface area contributed by atoms with E-state index in [1.165, 1.54) is 0 Å². The monoisotopic (exact) mass is 395 g/mol. The fourth-order valence-electron chi connectivity index (χ4n) is 3.40. The van der Waals surface area contributed by atoms with Crippen molar-refractivity contribution in [2.75, 3.05) is 24.5 Å². The fourth-order valence-corrected chi connectivity index (χ4v) is 3.40. The molecule has 3 rings (SSSR count). The summed E-state index contributed by atoms with van der Waals surface area (Å²) in [6.07, 6.45) is 5.11. The number of carbonyl (C=O) groups excluding carboxylic acids is 1. The van der Waals surface area contributed by atoms with Gasteiger partial charge in [0.2, 0.25) is 5.91 Å². The lowest BCUT2D eigenvalue weighted by Gasteiger charge is -2.32. The van der Waals surface area contributed by atoms with E-state index in [0.29, 0.717) is 13.1 Å². The number of guanidine groups is 1. The normalized spacial score (nSPS) is 15.2. The van der Waals surface area contributed by atoms with Crippen LogP contribution in [0.4, 0.5) is 5.82 Å². The number of aliphatic imine (C=N–C) groups is 1. The Balaban J connectivity index is 1.66. The van der Waals surface area contributed by atoms with E-state index in [1.807, 2.05) is 37.3 Å². The van der Waals surface area contributed by atoms with Gasteiger partial charge in [-0.15, -0.1) is 0 Å².